The number of nitrogens with one attached hydrogen (secondary N) is 1. The highest BCUT2D eigenvalue weighted by atomic mass is 16.6. The molecule has 102 valence electrons. The van der Waals surface area contributed by atoms with Gasteiger partial charge in [-0.05, 0) is 30.9 Å². The Hall–Kier alpha value is -2.11. The molecule has 6 nitrogen and oxygen atoms in total. The van der Waals surface area contributed by atoms with Crippen molar-refractivity contribution in [2.75, 3.05) is 12.4 Å². The fourth-order valence-corrected chi connectivity index (χ4v) is 2.63. The quantitative estimate of drug-likeness (QED) is 0.504. The molecule has 0 bridgehead atoms. The number of rotatable bonds is 2. The molecule has 1 aliphatic heterocycles. The summed E-state index contributed by atoms with van der Waals surface area (Å²) >= 11 is 0. The third-order valence-electron chi connectivity index (χ3n) is 3.54. The molecule has 19 heavy (non-hydrogen) atoms. The first-order chi connectivity index (χ1) is 8.87. The van der Waals surface area contributed by atoms with Crippen LogP contribution in [-0.4, -0.2) is 23.5 Å². The molecule has 1 aromatic rings. The fourth-order valence-electron chi connectivity index (χ4n) is 2.63. The molecular weight excluding hydrogens is 248 g/mol. The molecule has 0 radical (unpaired) electrons. The summed E-state index contributed by atoms with van der Waals surface area (Å²) in [5.74, 6) is -0.238. The van der Waals surface area contributed by atoms with Gasteiger partial charge in [0.15, 0.2) is 0 Å². The standard InChI is InChI=1S/C13H16N2O4/c1-8-7-13(2,12(16)19-3)14-11-6-9(15(17)18)4-5-10(8)11/h4-6,8,14H,7H2,1-3H3. The van der Waals surface area contributed by atoms with Gasteiger partial charge in [-0.15, -0.1) is 0 Å². The second-order valence-corrected chi connectivity index (χ2v) is 5.08. The van der Waals surface area contributed by atoms with Crippen LogP contribution < -0.4 is 5.32 Å². The summed E-state index contributed by atoms with van der Waals surface area (Å²) in [7, 11) is 1.34. The van der Waals surface area contributed by atoms with Gasteiger partial charge in [-0.1, -0.05) is 6.92 Å². The summed E-state index contributed by atoms with van der Waals surface area (Å²) in [5, 5.41) is 13.9. The average molecular weight is 264 g/mol. The largest absolute Gasteiger partial charge is 0.467 e. The number of ether oxygens (including phenoxy) is 1. The van der Waals surface area contributed by atoms with E-state index in [-0.39, 0.29) is 17.6 Å². The van der Waals surface area contributed by atoms with E-state index in [0.29, 0.717) is 12.1 Å². The molecule has 2 unspecified atom stereocenters. The van der Waals surface area contributed by atoms with Crippen molar-refractivity contribution >= 4 is 17.3 Å². The first-order valence-corrected chi connectivity index (χ1v) is 6.02. The summed E-state index contributed by atoms with van der Waals surface area (Å²) in [6.45, 7) is 3.74. The first-order valence-electron chi connectivity index (χ1n) is 6.02. The van der Waals surface area contributed by atoms with Crippen LogP contribution in [0.2, 0.25) is 0 Å². The highest BCUT2D eigenvalue weighted by Gasteiger charge is 2.40. The topological polar surface area (TPSA) is 81.5 Å². The van der Waals surface area contributed by atoms with Gasteiger partial charge in [-0.2, -0.15) is 0 Å². The van der Waals surface area contributed by atoms with Crippen LogP contribution in [0.3, 0.4) is 0 Å². The molecule has 0 amide bonds. The van der Waals surface area contributed by atoms with E-state index in [4.69, 9.17) is 4.74 Å². The van der Waals surface area contributed by atoms with Crippen LogP contribution in [0, 0.1) is 10.1 Å². The summed E-state index contributed by atoms with van der Waals surface area (Å²) in [5.41, 5.74) is 0.761. The number of non-ortho nitro benzene ring substituents is 1. The Morgan fingerprint density at radius 1 is 1.58 bits per heavy atom. The number of nitro benzene ring substituents is 1. The minimum absolute atomic E-state index is 0.00701. The monoisotopic (exact) mass is 264 g/mol. The van der Waals surface area contributed by atoms with Crippen LogP contribution in [0.15, 0.2) is 18.2 Å². The van der Waals surface area contributed by atoms with Gasteiger partial charge in [0.25, 0.3) is 5.69 Å². The van der Waals surface area contributed by atoms with Crippen molar-refractivity contribution in [1.29, 1.82) is 0 Å². The van der Waals surface area contributed by atoms with Gasteiger partial charge in [0, 0.05) is 17.8 Å². The van der Waals surface area contributed by atoms with Crippen molar-refractivity contribution in [2.45, 2.75) is 31.7 Å². The van der Waals surface area contributed by atoms with Crippen LogP contribution in [0.4, 0.5) is 11.4 Å². The third-order valence-corrected chi connectivity index (χ3v) is 3.54. The predicted molar refractivity (Wildman–Crippen MR) is 70.2 cm³/mol. The zero-order valence-corrected chi connectivity index (χ0v) is 11.1. The molecule has 2 rings (SSSR count). The molecule has 0 aromatic heterocycles. The molecule has 0 saturated heterocycles. The molecule has 0 fully saturated rings. The van der Waals surface area contributed by atoms with Crippen LogP contribution in [0.25, 0.3) is 0 Å². The minimum Gasteiger partial charge on any atom is -0.467 e. The zero-order chi connectivity index (χ0) is 14.2. The maximum atomic E-state index is 11.8. The Labute approximate surface area is 110 Å². The van der Waals surface area contributed by atoms with Crippen molar-refractivity contribution in [3.8, 4) is 0 Å². The molecule has 1 aromatic carbocycles. The minimum atomic E-state index is -0.851. The van der Waals surface area contributed by atoms with E-state index in [9.17, 15) is 14.9 Å². The van der Waals surface area contributed by atoms with E-state index < -0.39 is 10.5 Å². The lowest BCUT2D eigenvalue weighted by Crippen LogP contribution is -2.47. The maximum Gasteiger partial charge on any atom is 0.331 e. The maximum absolute atomic E-state index is 11.8. The number of nitro groups is 1. The molecule has 6 heteroatoms. The molecule has 0 aliphatic carbocycles. The highest BCUT2D eigenvalue weighted by molar-refractivity contribution is 5.86. The molecule has 0 saturated carbocycles. The fraction of sp³-hybridized carbons (Fsp3) is 0.462. The lowest BCUT2D eigenvalue weighted by atomic mass is 9.81. The number of nitrogens with zero attached hydrogens (tertiary/aromatic N) is 1. The number of benzene rings is 1. The van der Waals surface area contributed by atoms with E-state index >= 15 is 0 Å². The smallest absolute Gasteiger partial charge is 0.331 e. The lowest BCUT2D eigenvalue weighted by molar-refractivity contribution is -0.384. The Bertz CT molecular complexity index is 543. The lowest BCUT2D eigenvalue weighted by Gasteiger charge is -2.37. The van der Waals surface area contributed by atoms with E-state index in [1.54, 1.807) is 13.0 Å². The van der Waals surface area contributed by atoms with Gasteiger partial charge in [0.1, 0.15) is 5.54 Å². The normalized spacial score (nSPS) is 25.1. The zero-order valence-electron chi connectivity index (χ0n) is 11.1. The number of anilines is 1. The second-order valence-electron chi connectivity index (χ2n) is 5.08. The molecule has 1 N–H and O–H groups in total. The SMILES string of the molecule is COC(=O)C1(C)CC(C)c2ccc([N+](=O)[O-])cc2N1. The van der Waals surface area contributed by atoms with Crippen molar-refractivity contribution in [3.05, 3.63) is 33.9 Å². The van der Waals surface area contributed by atoms with E-state index in [1.807, 2.05) is 6.92 Å². The second kappa shape index (κ2) is 4.53. The van der Waals surface area contributed by atoms with E-state index in [2.05, 4.69) is 5.32 Å². The predicted octanol–water partition coefficient (Wildman–Crippen LogP) is 2.45. The summed E-state index contributed by atoms with van der Waals surface area (Å²) in [6, 6.07) is 4.69. The van der Waals surface area contributed by atoms with Crippen LogP contribution in [-0.2, 0) is 9.53 Å². The molecular formula is C13H16N2O4. The molecule has 1 aliphatic rings. The van der Waals surface area contributed by atoms with Crippen LogP contribution >= 0.6 is 0 Å². The average Bonchev–Trinajstić information content (AvgIpc) is 2.36. The number of hydrogen-bond acceptors (Lipinski definition) is 5. The Morgan fingerprint density at radius 2 is 2.26 bits per heavy atom. The van der Waals surface area contributed by atoms with Crippen molar-refractivity contribution in [1.82, 2.24) is 0 Å². The number of carbonyl (C=O) groups is 1. The van der Waals surface area contributed by atoms with Crippen LogP contribution in [0.1, 0.15) is 31.7 Å². The van der Waals surface area contributed by atoms with E-state index in [0.717, 1.165) is 5.56 Å². The van der Waals surface area contributed by atoms with Crippen LogP contribution in [0.5, 0.6) is 0 Å². The summed E-state index contributed by atoms with van der Waals surface area (Å²) in [6.07, 6.45) is 0.588. The highest BCUT2D eigenvalue weighted by Crippen LogP contribution is 2.40. The molecule has 2 atom stereocenters. The van der Waals surface area contributed by atoms with E-state index in [1.165, 1.54) is 19.2 Å². The van der Waals surface area contributed by atoms with Gasteiger partial charge in [-0.25, -0.2) is 4.79 Å². The number of hydrogen-bond donors (Lipinski definition) is 1. The number of methoxy groups -OCH3 is 1. The van der Waals surface area contributed by atoms with Gasteiger partial charge >= 0.3 is 5.97 Å². The Kier molecular flexibility index (Phi) is 3.18. The number of esters is 1. The summed E-state index contributed by atoms with van der Waals surface area (Å²) in [4.78, 5) is 22.2. The van der Waals surface area contributed by atoms with Gasteiger partial charge in [0.05, 0.1) is 12.0 Å². The number of carbonyl (C=O) groups excluding carboxylic acids is 1. The third kappa shape index (κ3) is 2.25. The first kappa shape index (κ1) is 13.3. The van der Waals surface area contributed by atoms with Gasteiger partial charge in [-0.3, -0.25) is 10.1 Å². The Morgan fingerprint density at radius 3 is 2.84 bits per heavy atom. The van der Waals surface area contributed by atoms with Crippen molar-refractivity contribution < 1.29 is 14.5 Å². The van der Waals surface area contributed by atoms with Gasteiger partial charge < -0.3 is 10.1 Å². The van der Waals surface area contributed by atoms with Gasteiger partial charge in [0.2, 0.25) is 0 Å². The van der Waals surface area contributed by atoms with Crippen molar-refractivity contribution in [2.24, 2.45) is 0 Å². The number of fused-ring (bicyclic) bond motifs is 1. The summed E-state index contributed by atoms with van der Waals surface area (Å²) < 4.78 is 4.80. The Balaban J connectivity index is 2.44. The molecule has 1 heterocycles. The van der Waals surface area contributed by atoms with Crippen molar-refractivity contribution in [3.63, 3.8) is 0 Å². The molecule has 0 spiro atoms.